The van der Waals surface area contributed by atoms with Crippen molar-refractivity contribution in [3.63, 3.8) is 0 Å². The van der Waals surface area contributed by atoms with Crippen molar-refractivity contribution >= 4 is 16.9 Å². The molecule has 1 N–H and O–H groups in total. The van der Waals surface area contributed by atoms with Crippen LogP contribution in [0.1, 0.15) is 40.8 Å². The topological polar surface area (TPSA) is 75.0 Å². The Hall–Kier alpha value is -2.63. The zero-order valence-corrected chi connectivity index (χ0v) is 13.0. The molecular formula is C17H18N4O2. The number of benzene rings is 1. The van der Waals surface area contributed by atoms with E-state index in [1.54, 1.807) is 13.0 Å². The number of carbonyl (C=O) groups is 1. The molecule has 23 heavy (non-hydrogen) atoms. The second kappa shape index (κ2) is 5.53. The van der Waals surface area contributed by atoms with E-state index in [4.69, 9.17) is 4.52 Å². The SMILES string of the molecule is Cc1cc(C(=O)N2CCCC(c3nc4ccccc4[nH]3)C2)no1. The highest BCUT2D eigenvalue weighted by Crippen LogP contribution is 2.27. The van der Waals surface area contributed by atoms with Crippen LogP contribution >= 0.6 is 0 Å². The van der Waals surface area contributed by atoms with E-state index >= 15 is 0 Å². The minimum absolute atomic E-state index is 0.0670. The molecule has 6 heteroatoms. The van der Waals surface area contributed by atoms with Gasteiger partial charge < -0.3 is 14.4 Å². The lowest BCUT2D eigenvalue weighted by atomic mass is 9.97. The number of hydrogen-bond donors (Lipinski definition) is 1. The molecule has 1 unspecified atom stereocenters. The number of imidazole rings is 1. The summed E-state index contributed by atoms with van der Waals surface area (Å²) in [6.45, 7) is 3.20. The molecule has 6 nitrogen and oxygen atoms in total. The van der Waals surface area contributed by atoms with Gasteiger partial charge >= 0.3 is 0 Å². The van der Waals surface area contributed by atoms with Gasteiger partial charge in [0.05, 0.1) is 11.0 Å². The fourth-order valence-corrected chi connectivity index (χ4v) is 3.18. The van der Waals surface area contributed by atoms with Crippen LogP contribution in [0.5, 0.6) is 0 Å². The summed E-state index contributed by atoms with van der Waals surface area (Å²) < 4.78 is 5.01. The molecular weight excluding hydrogens is 292 g/mol. The Labute approximate surface area is 133 Å². The van der Waals surface area contributed by atoms with E-state index in [9.17, 15) is 4.79 Å². The van der Waals surface area contributed by atoms with Crippen LogP contribution in [0.15, 0.2) is 34.9 Å². The second-order valence-electron chi connectivity index (χ2n) is 6.05. The molecule has 1 amide bonds. The van der Waals surface area contributed by atoms with Crippen LogP contribution in [-0.4, -0.2) is 39.0 Å². The van der Waals surface area contributed by atoms with Crippen molar-refractivity contribution in [1.82, 2.24) is 20.0 Å². The zero-order chi connectivity index (χ0) is 15.8. The van der Waals surface area contributed by atoms with Gasteiger partial charge in [-0.05, 0) is 31.9 Å². The average molecular weight is 310 g/mol. The van der Waals surface area contributed by atoms with Crippen molar-refractivity contribution in [3.8, 4) is 0 Å². The Morgan fingerprint density at radius 1 is 1.39 bits per heavy atom. The molecule has 3 aromatic rings. The van der Waals surface area contributed by atoms with Gasteiger partial charge in [0, 0.05) is 25.1 Å². The van der Waals surface area contributed by atoms with E-state index < -0.39 is 0 Å². The maximum Gasteiger partial charge on any atom is 0.276 e. The number of carbonyl (C=O) groups excluding carboxylic acids is 1. The summed E-state index contributed by atoms with van der Waals surface area (Å²) in [5.41, 5.74) is 2.39. The third kappa shape index (κ3) is 2.60. The summed E-state index contributed by atoms with van der Waals surface area (Å²) >= 11 is 0. The fraction of sp³-hybridized carbons (Fsp3) is 0.353. The van der Waals surface area contributed by atoms with E-state index in [1.165, 1.54) is 0 Å². The average Bonchev–Trinajstić information content (AvgIpc) is 3.20. The molecule has 0 aliphatic carbocycles. The normalized spacial score (nSPS) is 18.5. The first kappa shape index (κ1) is 14.0. The summed E-state index contributed by atoms with van der Waals surface area (Å²) in [7, 11) is 0. The minimum Gasteiger partial charge on any atom is -0.361 e. The number of fused-ring (bicyclic) bond motifs is 1. The molecule has 1 fully saturated rings. The predicted molar refractivity (Wildman–Crippen MR) is 85.2 cm³/mol. The Morgan fingerprint density at radius 3 is 3.04 bits per heavy atom. The van der Waals surface area contributed by atoms with Gasteiger partial charge in [0.2, 0.25) is 0 Å². The van der Waals surface area contributed by atoms with Crippen molar-refractivity contribution < 1.29 is 9.32 Å². The maximum atomic E-state index is 12.5. The number of likely N-dealkylation sites (tertiary alicyclic amines) is 1. The zero-order valence-electron chi connectivity index (χ0n) is 13.0. The highest BCUT2D eigenvalue weighted by Gasteiger charge is 2.28. The number of H-pyrrole nitrogens is 1. The molecule has 1 aliphatic heterocycles. The van der Waals surface area contributed by atoms with Crippen LogP contribution in [0.25, 0.3) is 11.0 Å². The number of piperidine rings is 1. The highest BCUT2D eigenvalue weighted by molar-refractivity contribution is 5.92. The molecule has 1 aliphatic rings. The lowest BCUT2D eigenvalue weighted by molar-refractivity contribution is 0.0694. The predicted octanol–water partition coefficient (Wildman–Crippen LogP) is 2.88. The van der Waals surface area contributed by atoms with Gasteiger partial charge in [-0.15, -0.1) is 0 Å². The number of nitrogens with one attached hydrogen (secondary N) is 1. The molecule has 0 bridgehead atoms. The van der Waals surface area contributed by atoms with Crippen molar-refractivity contribution in [2.45, 2.75) is 25.7 Å². The Morgan fingerprint density at radius 2 is 2.26 bits per heavy atom. The number of aryl methyl sites for hydroxylation is 1. The molecule has 0 spiro atoms. The molecule has 1 aromatic carbocycles. The monoisotopic (exact) mass is 310 g/mol. The maximum absolute atomic E-state index is 12.5. The van der Waals surface area contributed by atoms with Gasteiger partial charge in [-0.2, -0.15) is 0 Å². The second-order valence-corrected chi connectivity index (χ2v) is 6.05. The number of nitrogens with zero attached hydrogens (tertiary/aromatic N) is 3. The van der Waals surface area contributed by atoms with Crippen molar-refractivity contribution in [3.05, 3.63) is 47.6 Å². The number of amides is 1. The third-order valence-corrected chi connectivity index (χ3v) is 4.35. The quantitative estimate of drug-likeness (QED) is 0.789. The van der Waals surface area contributed by atoms with E-state index in [2.05, 4.69) is 15.1 Å². The summed E-state index contributed by atoms with van der Waals surface area (Å²) in [5, 5.41) is 3.83. The van der Waals surface area contributed by atoms with E-state index in [0.717, 1.165) is 36.2 Å². The van der Waals surface area contributed by atoms with Gasteiger partial charge in [0.1, 0.15) is 11.6 Å². The van der Waals surface area contributed by atoms with Gasteiger partial charge in [-0.25, -0.2) is 4.98 Å². The first-order valence-electron chi connectivity index (χ1n) is 7.88. The smallest absolute Gasteiger partial charge is 0.276 e. The summed E-state index contributed by atoms with van der Waals surface area (Å²) in [6, 6.07) is 9.69. The first-order valence-corrected chi connectivity index (χ1v) is 7.88. The number of aromatic amines is 1. The summed E-state index contributed by atoms with van der Waals surface area (Å²) in [4.78, 5) is 22.4. The molecule has 0 saturated carbocycles. The standard InChI is InChI=1S/C17H18N4O2/c1-11-9-15(20-23-11)17(22)21-8-4-5-12(10-21)16-18-13-6-2-3-7-14(13)19-16/h2-3,6-7,9,12H,4-5,8,10H2,1H3,(H,18,19). The van der Waals surface area contributed by atoms with Crippen molar-refractivity contribution in [1.29, 1.82) is 0 Å². The number of rotatable bonds is 2. The molecule has 0 radical (unpaired) electrons. The Bertz CT molecular complexity index is 818. The van der Waals surface area contributed by atoms with Crippen LogP contribution in [0.3, 0.4) is 0 Å². The minimum atomic E-state index is -0.0670. The third-order valence-electron chi connectivity index (χ3n) is 4.35. The van der Waals surface area contributed by atoms with Gasteiger partial charge in [-0.3, -0.25) is 4.79 Å². The van der Waals surface area contributed by atoms with Gasteiger partial charge in [0.25, 0.3) is 5.91 Å². The lowest BCUT2D eigenvalue weighted by Gasteiger charge is -2.31. The summed E-state index contributed by atoms with van der Waals surface area (Å²) in [5.74, 6) is 1.77. The van der Waals surface area contributed by atoms with Crippen LogP contribution < -0.4 is 0 Å². The lowest BCUT2D eigenvalue weighted by Crippen LogP contribution is -2.39. The largest absolute Gasteiger partial charge is 0.361 e. The first-order chi connectivity index (χ1) is 11.2. The van der Waals surface area contributed by atoms with Gasteiger partial charge in [-0.1, -0.05) is 17.3 Å². The Balaban J connectivity index is 1.55. The molecule has 118 valence electrons. The molecule has 2 aromatic heterocycles. The van der Waals surface area contributed by atoms with Crippen molar-refractivity contribution in [2.24, 2.45) is 0 Å². The van der Waals surface area contributed by atoms with Crippen molar-refractivity contribution in [2.75, 3.05) is 13.1 Å². The highest BCUT2D eigenvalue weighted by atomic mass is 16.5. The fourth-order valence-electron chi connectivity index (χ4n) is 3.18. The van der Waals surface area contributed by atoms with Crippen LogP contribution in [0.2, 0.25) is 0 Å². The molecule has 1 saturated heterocycles. The van der Waals surface area contributed by atoms with Crippen LogP contribution in [-0.2, 0) is 0 Å². The number of para-hydroxylation sites is 2. The molecule has 3 heterocycles. The molecule has 4 rings (SSSR count). The summed E-state index contributed by atoms with van der Waals surface area (Å²) in [6.07, 6.45) is 1.99. The van der Waals surface area contributed by atoms with E-state index in [1.807, 2.05) is 29.2 Å². The Kier molecular flexibility index (Phi) is 3.37. The van der Waals surface area contributed by atoms with Gasteiger partial charge in [0.15, 0.2) is 5.69 Å². The van der Waals surface area contributed by atoms with E-state index in [0.29, 0.717) is 18.0 Å². The number of aromatic nitrogens is 3. The van der Waals surface area contributed by atoms with E-state index in [-0.39, 0.29) is 11.8 Å². The van der Waals surface area contributed by atoms with Crippen LogP contribution in [0.4, 0.5) is 0 Å². The van der Waals surface area contributed by atoms with Crippen LogP contribution in [0, 0.1) is 6.92 Å². The molecule has 1 atom stereocenters. The number of hydrogen-bond acceptors (Lipinski definition) is 4.